The van der Waals surface area contributed by atoms with Crippen LogP contribution in [0.2, 0.25) is 0 Å². The van der Waals surface area contributed by atoms with Crippen molar-refractivity contribution in [2.45, 2.75) is 51.5 Å². The molecule has 2 aliphatic heterocycles. The van der Waals surface area contributed by atoms with Crippen LogP contribution in [0.15, 0.2) is 18.2 Å². The zero-order chi connectivity index (χ0) is 16.7. The largest absolute Gasteiger partial charge is 0.332 e. The molecular weight excluding hydrogens is 300 g/mol. The Morgan fingerprint density at radius 2 is 1.96 bits per heavy atom. The Kier molecular flexibility index (Phi) is 4.07. The highest BCUT2D eigenvalue weighted by molar-refractivity contribution is 5.88. The zero-order valence-electron chi connectivity index (χ0n) is 14.5. The third-order valence-corrected chi connectivity index (χ3v) is 6.05. The summed E-state index contributed by atoms with van der Waals surface area (Å²) < 4.78 is 0. The quantitative estimate of drug-likeness (QED) is 0.796. The highest BCUT2D eigenvalue weighted by Gasteiger charge is 2.40. The van der Waals surface area contributed by atoms with Crippen molar-refractivity contribution in [2.75, 3.05) is 19.6 Å². The molecule has 1 saturated carbocycles. The van der Waals surface area contributed by atoms with Gasteiger partial charge in [-0.25, -0.2) is 0 Å². The first-order valence-electron chi connectivity index (χ1n) is 9.32. The van der Waals surface area contributed by atoms with Gasteiger partial charge in [-0.3, -0.25) is 9.59 Å². The molecule has 0 N–H and O–H groups in total. The summed E-state index contributed by atoms with van der Waals surface area (Å²) in [5, 5.41) is 0. The highest BCUT2D eigenvalue weighted by atomic mass is 16.2. The van der Waals surface area contributed by atoms with E-state index in [2.05, 4.69) is 25.1 Å². The number of nitrogens with zero attached hydrogens (tertiary/aromatic N) is 2. The van der Waals surface area contributed by atoms with Gasteiger partial charge >= 0.3 is 0 Å². The van der Waals surface area contributed by atoms with E-state index in [-0.39, 0.29) is 30.3 Å². The lowest BCUT2D eigenvalue weighted by Gasteiger charge is -2.46. The third-order valence-electron chi connectivity index (χ3n) is 6.05. The fraction of sp³-hybridized carbons (Fsp3) is 0.600. The van der Waals surface area contributed by atoms with Gasteiger partial charge in [-0.15, -0.1) is 0 Å². The van der Waals surface area contributed by atoms with Crippen LogP contribution in [0.1, 0.15) is 54.8 Å². The highest BCUT2D eigenvalue weighted by Crippen LogP contribution is 2.36. The molecule has 1 aromatic carbocycles. The van der Waals surface area contributed by atoms with Crippen molar-refractivity contribution in [3.63, 3.8) is 0 Å². The Hall–Kier alpha value is -1.84. The average Bonchev–Trinajstić information content (AvgIpc) is 2.61. The van der Waals surface area contributed by atoms with E-state index < -0.39 is 0 Å². The zero-order valence-corrected chi connectivity index (χ0v) is 14.5. The number of aryl methyl sites for hydroxylation is 1. The molecule has 128 valence electrons. The van der Waals surface area contributed by atoms with Crippen LogP contribution in [0.25, 0.3) is 0 Å². The van der Waals surface area contributed by atoms with Gasteiger partial charge < -0.3 is 9.80 Å². The van der Waals surface area contributed by atoms with E-state index in [1.165, 1.54) is 23.1 Å². The molecule has 2 heterocycles. The summed E-state index contributed by atoms with van der Waals surface area (Å²) in [5.74, 6) is 0.464. The van der Waals surface area contributed by atoms with Crippen LogP contribution in [0, 0.1) is 12.8 Å². The van der Waals surface area contributed by atoms with Gasteiger partial charge in [0.05, 0.1) is 12.6 Å². The molecule has 0 radical (unpaired) electrons. The topological polar surface area (TPSA) is 40.6 Å². The summed E-state index contributed by atoms with van der Waals surface area (Å²) in [6.07, 6.45) is 6.45. The summed E-state index contributed by atoms with van der Waals surface area (Å²) in [4.78, 5) is 29.5. The molecule has 1 atom stereocenters. The fourth-order valence-electron chi connectivity index (χ4n) is 4.78. The second-order valence-corrected chi connectivity index (χ2v) is 7.55. The van der Waals surface area contributed by atoms with E-state index in [0.29, 0.717) is 6.54 Å². The number of hydrogen-bond donors (Lipinski definition) is 0. The molecule has 24 heavy (non-hydrogen) atoms. The maximum Gasteiger partial charge on any atom is 0.242 e. The van der Waals surface area contributed by atoms with E-state index in [1.807, 2.05) is 9.80 Å². The Bertz CT molecular complexity index is 664. The van der Waals surface area contributed by atoms with E-state index in [9.17, 15) is 9.59 Å². The van der Waals surface area contributed by atoms with E-state index >= 15 is 0 Å². The molecule has 0 aromatic heterocycles. The first kappa shape index (κ1) is 15.7. The molecular formula is C20H26N2O2. The number of rotatable bonds is 1. The summed E-state index contributed by atoms with van der Waals surface area (Å²) in [6, 6.07) is 6.43. The van der Waals surface area contributed by atoms with E-state index in [1.54, 1.807) is 0 Å². The Balaban J connectivity index is 1.60. The summed E-state index contributed by atoms with van der Waals surface area (Å²) in [6.45, 7) is 3.84. The standard InChI is InChI=1S/C20H26N2O2/c1-14-6-5-9-15-10-11-22-17(19(14)15)12-21(13-18(22)23)20(24)16-7-3-2-4-8-16/h5-6,9,16-17H,2-4,7-8,10-13H2,1H3. The van der Waals surface area contributed by atoms with Crippen molar-refractivity contribution in [2.24, 2.45) is 5.92 Å². The molecule has 1 aromatic rings. The lowest BCUT2D eigenvalue weighted by atomic mass is 9.85. The summed E-state index contributed by atoms with van der Waals surface area (Å²) in [5.41, 5.74) is 3.86. The number of carbonyl (C=O) groups excluding carboxylic acids is 2. The van der Waals surface area contributed by atoms with Gasteiger partial charge in [0, 0.05) is 19.0 Å². The minimum Gasteiger partial charge on any atom is -0.332 e. The number of amides is 2. The lowest BCUT2D eigenvalue weighted by molar-refractivity contribution is -0.152. The van der Waals surface area contributed by atoms with Gasteiger partial charge in [0.1, 0.15) is 0 Å². The first-order valence-corrected chi connectivity index (χ1v) is 9.32. The molecule has 4 heteroatoms. The Labute approximate surface area is 143 Å². The van der Waals surface area contributed by atoms with Crippen LogP contribution in [0.3, 0.4) is 0 Å². The van der Waals surface area contributed by atoms with Crippen LogP contribution in [-0.2, 0) is 16.0 Å². The van der Waals surface area contributed by atoms with Crippen molar-refractivity contribution in [3.05, 3.63) is 34.9 Å². The first-order chi connectivity index (χ1) is 11.6. The minimum absolute atomic E-state index is 0.0451. The number of fused-ring (bicyclic) bond motifs is 3. The molecule has 0 bridgehead atoms. The molecule has 4 rings (SSSR count). The van der Waals surface area contributed by atoms with E-state index in [0.717, 1.165) is 38.6 Å². The van der Waals surface area contributed by atoms with Gasteiger partial charge in [0.2, 0.25) is 11.8 Å². The minimum atomic E-state index is 0.0451. The number of benzene rings is 1. The second kappa shape index (κ2) is 6.23. The van der Waals surface area contributed by atoms with Crippen LogP contribution >= 0.6 is 0 Å². The molecule has 1 aliphatic carbocycles. The molecule has 2 fully saturated rings. The maximum atomic E-state index is 12.9. The number of hydrogen-bond acceptors (Lipinski definition) is 2. The van der Waals surface area contributed by atoms with Gasteiger partial charge in [-0.2, -0.15) is 0 Å². The normalized spacial score (nSPS) is 24.5. The van der Waals surface area contributed by atoms with Crippen molar-refractivity contribution in [1.82, 2.24) is 9.80 Å². The summed E-state index contributed by atoms with van der Waals surface area (Å²) >= 11 is 0. The van der Waals surface area contributed by atoms with Crippen LogP contribution in [0.5, 0.6) is 0 Å². The van der Waals surface area contributed by atoms with E-state index in [4.69, 9.17) is 0 Å². The van der Waals surface area contributed by atoms with Crippen molar-refractivity contribution < 1.29 is 9.59 Å². The van der Waals surface area contributed by atoms with Crippen molar-refractivity contribution in [3.8, 4) is 0 Å². The molecule has 3 aliphatic rings. The molecule has 2 amide bonds. The maximum absolute atomic E-state index is 12.9. The van der Waals surface area contributed by atoms with Crippen LogP contribution < -0.4 is 0 Å². The van der Waals surface area contributed by atoms with Gasteiger partial charge in [0.15, 0.2) is 0 Å². The average molecular weight is 326 g/mol. The molecule has 0 spiro atoms. The van der Waals surface area contributed by atoms with Gasteiger partial charge in [-0.05, 0) is 42.9 Å². The monoisotopic (exact) mass is 326 g/mol. The predicted octanol–water partition coefficient (Wildman–Crippen LogP) is 2.84. The number of carbonyl (C=O) groups is 2. The van der Waals surface area contributed by atoms with Gasteiger partial charge in [0.25, 0.3) is 0 Å². The third kappa shape index (κ3) is 2.62. The lowest BCUT2D eigenvalue weighted by Crippen LogP contribution is -2.56. The smallest absolute Gasteiger partial charge is 0.242 e. The van der Waals surface area contributed by atoms with Crippen LogP contribution in [-0.4, -0.2) is 41.2 Å². The molecule has 1 saturated heterocycles. The number of piperazine rings is 1. The predicted molar refractivity (Wildman–Crippen MR) is 92.5 cm³/mol. The summed E-state index contributed by atoms with van der Waals surface area (Å²) in [7, 11) is 0. The van der Waals surface area contributed by atoms with Crippen molar-refractivity contribution in [1.29, 1.82) is 0 Å². The Morgan fingerprint density at radius 1 is 1.17 bits per heavy atom. The van der Waals surface area contributed by atoms with Crippen molar-refractivity contribution >= 4 is 11.8 Å². The SMILES string of the molecule is Cc1cccc2c1C1CN(C(=O)C3CCCCC3)CC(=O)N1CC2. The van der Waals surface area contributed by atoms with Crippen LogP contribution in [0.4, 0.5) is 0 Å². The van der Waals surface area contributed by atoms with Gasteiger partial charge in [-0.1, -0.05) is 37.5 Å². The second-order valence-electron chi connectivity index (χ2n) is 7.55. The molecule has 1 unspecified atom stereocenters. The Morgan fingerprint density at radius 3 is 2.75 bits per heavy atom. The fourth-order valence-corrected chi connectivity index (χ4v) is 4.78. The molecule has 4 nitrogen and oxygen atoms in total.